The zero-order chi connectivity index (χ0) is 22.9. The van der Waals surface area contributed by atoms with E-state index < -0.39 is 17.4 Å². The number of rotatable bonds is 5. The molecule has 0 bridgehead atoms. The molecule has 1 unspecified atom stereocenters. The Morgan fingerprint density at radius 1 is 1.22 bits per heavy atom. The van der Waals surface area contributed by atoms with E-state index in [0.717, 1.165) is 6.08 Å². The first-order chi connectivity index (χ1) is 15.3. The van der Waals surface area contributed by atoms with E-state index in [1.54, 1.807) is 0 Å². The van der Waals surface area contributed by atoms with Gasteiger partial charge in [0.2, 0.25) is 0 Å². The highest BCUT2D eigenvalue weighted by atomic mass is 35.5. The van der Waals surface area contributed by atoms with Crippen molar-refractivity contribution in [2.75, 3.05) is 5.32 Å². The van der Waals surface area contributed by atoms with E-state index in [0.29, 0.717) is 5.56 Å². The Labute approximate surface area is 191 Å². The number of carbonyl (C=O) groups excluding carboxylic acids is 1. The number of alkyl halides is 1. The number of halogens is 4. The fourth-order valence-electron chi connectivity index (χ4n) is 3.27. The van der Waals surface area contributed by atoms with Gasteiger partial charge in [-0.3, -0.25) is 4.79 Å². The van der Waals surface area contributed by atoms with Crippen LogP contribution in [0, 0.1) is 5.82 Å². The summed E-state index contributed by atoms with van der Waals surface area (Å²) in [6.45, 7) is 3.57. The second-order valence-electron chi connectivity index (χ2n) is 6.94. The van der Waals surface area contributed by atoms with E-state index in [9.17, 15) is 9.18 Å². The summed E-state index contributed by atoms with van der Waals surface area (Å²) >= 11 is 12.6. The van der Waals surface area contributed by atoms with E-state index >= 15 is 4.39 Å². The van der Waals surface area contributed by atoms with E-state index in [2.05, 4.69) is 27.1 Å². The summed E-state index contributed by atoms with van der Waals surface area (Å²) in [6.07, 6.45) is 6.43. The Bertz CT molecular complexity index is 1260. The highest BCUT2D eigenvalue weighted by Crippen LogP contribution is 2.43. The lowest BCUT2D eigenvalue weighted by Crippen LogP contribution is -2.30. The van der Waals surface area contributed by atoms with Crippen LogP contribution in [0.2, 0.25) is 5.02 Å². The van der Waals surface area contributed by atoms with Crippen molar-refractivity contribution in [3.63, 3.8) is 0 Å². The topological polar surface area (TPSA) is 72.7 Å². The van der Waals surface area contributed by atoms with Gasteiger partial charge >= 0.3 is 0 Å². The number of pyridine rings is 1. The highest BCUT2D eigenvalue weighted by molar-refractivity contribution is 6.35. The number of hydrogen-bond donors (Lipinski definition) is 1. The van der Waals surface area contributed by atoms with Gasteiger partial charge in [0, 0.05) is 22.6 Å². The molecule has 0 saturated heterocycles. The van der Waals surface area contributed by atoms with Crippen molar-refractivity contribution in [3.05, 3.63) is 94.7 Å². The minimum atomic E-state index is -2.07. The van der Waals surface area contributed by atoms with Crippen LogP contribution in [0.1, 0.15) is 12.0 Å². The lowest BCUT2D eigenvalue weighted by atomic mass is 9.80. The molecule has 1 aliphatic rings. The Morgan fingerprint density at radius 2 is 1.91 bits per heavy atom. The summed E-state index contributed by atoms with van der Waals surface area (Å²) in [5.74, 6) is -0.779. The number of carbonyl (C=O) groups is 1. The maximum absolute atomic E-state index is 15.7. The fraction of sp³-hybridized carbons (Fsp3) is 0.0909. The van der Waals surface area contributed by atoms with E-state index in [1.807, 2.05) is 0 Å². The minimum absolute atomic E-state index is 0.0221. The molecule has 1 atom stereocenters. The van der Waals surface area contributed by atoms with Gasteiger partial charge in [0.1, 0.15) is 5.82 Å². The van der Waals surface area contributed by atoms with Gasteiger partial charge < -0.3 is 5.32 Å². The predicted molar refractivity (Wildman–Crippen MR) is 119 cm³/mol. The molecule has 1 aliphatic carbocycles. The number of hydrogen-bond acceptors (Lipinski definition) is 4. The highest BCUT2D eigenvalue weighted by Gasteiger charge is 2.39. The quantitative estimate of drug-likeness (QED) is 0.512. The standard InChI is InChI=1S/C22H15Cl2F2N5O/c1-2-22(26)11-16(18(23)10-17(22)13-3-5-14(25)6-4-13)21(32)30-15-9-19(24)20(27-12-15)31-28-7-8-29-31/h2-10,12H,1,11H2,(H,30,32). The van der Waals surface area contributed by atoms with Crippen molar-refractivity contribution < 1.29 is 13.6 Å². The van der Waals surface area contributed by atoms with Crippen LogP contribution in [0.5, 0.6) is 0 Å². The van der Waals surface area contributed by atoms with Gasteiger partial charge in [0.15, 0.2) is 11.5 Å². The van der Waals surface area contributed by atoms with Crippen LogP contribution < -0.4 is 5.32 Å². The molecule has 3 aromatic rings. The van der Waals surface area contributed by atoms with E-state index in [-0.39, 0.29) is 39.1 Å². The van der Waals surface area contributed by atoms with Gasteiger partial charge in [-0.25, -0.2) is 13.8 Å². The van der Waals surface area contributed by atoms with Crippen molar-refractivity contribution in [2.24, 2.45) is 0 Å². The number of amides is 1. The van der Waals surface area contributed by atoms with Crippen LogP contribution in [-0.4, -0.2) is 31.6 Å². The Kier molecular flexibility index (Phi) is 5.90. The van der Waals surface area contributed by atoms with Gasteiger partial charge in [0.25, 0.3) is 5.91 Å². The molecule has 0 saturated carbocycles. The van der Waals surface area contributed by atoms with Gasteiger partial charge in [-0.2, -0.15) is 10.2 Å². The summed E-state index contributed by atoms with van der Waals surface area (Å²) in [5, 5.41) is 10.8. The van der Waals surface area contributed by atoms with Gasteiger partial charge in [0.05, 0.1) is 29.3 Å². The lowest BCUT2D eigenvalue weighted by molar-refractivity contribution is -0.113. The second kappa shape index (κ2) is 8.64. The zero-order valence-corrected chi connectivity index (χ0v) is 17.9. The van der Waals surface area contributed by atoms with Gasteiger partial charge in [-0.05, 0) is 35.9 Å². The smallest absolute Gasteiger partial charge is 0.253 e. The van der Waals surface area contributed by atoms with Crippen molar-refractivity contribution >= 4 is 40.4 Å². The van der Waals surface area contributed by atoms with Crippen LogP contribution in [-0.2, 0) is 4.79 Å². The summed E-state index contributed by atoms with van der Waals surface area (Å²) in [5.41, 5.74) is -1.15. The molecule has 32 heavy (non-hydrogen) atoms. The molecule has 2 heterocycles. The van der Waals surface area contributed by atoms with E-state index in [1.165, 1.54) is 59.8 Å². The molecule has 4 rings (SSSR count). The number of nitrogens with one attached hydrogen (secondary N) is 1. The molecule has 0 aliphatic heterocycles. The molecule has 1 N–H and O–H groups in total. The van der Waals surface area contributed by atoms with Crippen molar-refractivity contribution in [1.29, 1.82) is 0 Å². The first-order valence-corrected chi connectivity index (χ1v) is 10.1. The summed E-state index contributed by atoms with van der Waals surface area (Å²) in [7, 11) is 0. The molecule has 162 valence electrons. The monoisotopic (exact) mass is 473 g/mol. The van der Waals surface area contributed by atoms with Crippen LogP contribution in [0.3, 0.4) is 0 Å². The molecule has 0 fully saturated rings. The maximum Gasteiger partial charge on any atom is 0.253 e. The van der Waals surface area contributed by atoms with Crippen LogP contribution in [0.15, 0.2) is 78.3 Å². The third-order valence-corrected chi connectivity index (χ3v) is 5.50. The molecule has 10 heteroatoms. The largest absolute Gasteiger partial charge is 0.321 e. The minimum Gasteiger partial charge on any atom is -0.321 e. The number of allylic oxidation sites excluding steroid dienone is 4. The molecule has 0 radical (unpaired) electrons. The summed E-state index contributed by atoms with van der Waals surface area (Å²) in [6, 6.07) is 6.80. The molecular weight excluding hydrogens is 459 g/mol. The number of benzene rings is 1. The number of aromatic nitrogens is 4. The Hall–Kier alpha value is -3.36. The molecule has 0 spiro atoms. The molecule has 2 aromatic heterocycles. The van der Waals surface area contributed by atoms with Crippen LogP contribution >= 0.6 is 23.2 Å². The first-order valence-electron chi connectivity index (χ1n) is 9.33. The average molecular weight is 474 g/mol. The Balaban J connectivity index is 1.62. The molecular formula is C22H15Cl2F2N5O. The van der Waals surface area contributed by atoms with Gasteiger partial charge in [-0.15, -0.1) is 4.80 Å². The van der Waals surface area contributed by atoms with Crippen LogP contribution in [0.4, 0.5) is 14.5 Å². The fourth-order valence-corrected chi connectivity index (χ4v) is 3.78. The average Bonchev–Trinajstić information content (AvgIpc) is 3.30. The van der Waals surface area contributed by atoms with Crippen molar-refractivity contribution in [1.82, 2.24) is 20.0 Å². The molecule has 1 aromatic carbocycles. The number of nitrogens with zero attached hydrogens (tertiary/aromatic N) is 4. The van der Waals surface area contributed by atoms with Gasteiger partial charge in [-0.1, -0.05) is 41.9 Å². The van der Waals surface area contributed by atoms with E-state index in [4.69, 9.17) is 23.2 Å². The maximum atomic E-state index is 15.7. The Morgan fingerprint density at radius 3 is 2.53 bits per heavy atom. The number of anilines is 1. The zero-order valence-electron chi connectivity index (χ0n) is 16.4. The third kappa shape index (κ3) is 4.19. The first kappa shape index (κ1) is 21.9. The normalized spacial score (nSPS) is 18.3. The molecule has 6 nitrogen and oxygen atoms in total. The predicted octanol–water partition coefficient (Wildman–Crippen LogP) is 5.27. The summed E-state index contributed by atoms with van der Waals surface area (Å²) < 4.78 is 29.0. The lowest BCUT2D eigenvalue weighted by Gasteiger charge is -2.30. The van der Waals surface area contributed by atoms with Crippen LogP contribution in [0.25, 0.3) is 11.4 Å². The summed E-state index contributed by atoms with van der Waals surface area (Å²) in [4.78, 5) is 18.2. The SMILES string of the molecule is C=CC1(F)CC(C(=O)Nc2cnc(-n3nccn3)c(Cl)c2)=C(Cl)C=C1c1ccc(F)cc1. The molecule has 1 amide bonds. The van der Waals surface area contributed by atoms with Crippen molar-refractivity contribution in [3.8, 4) is 5.82 Å². The third-order valence-electron chi connectivity index (χ3n) is 4.88. The van der Waals surface area contributed by atoms with Crippen molar-refractivity contribution in [2.45, 2.75) is 12.1 Å². The second-order valence-corrected chi connectivity index (χ2v) is 7.75.